The first kappa shape index (κ1) is 26.5. The van der Waals surface area contributed by atoms with Crippen LogP contribution >= 0.6 is 7.75 Å². The molecule has 3 aromatic carbocycles. The van der Waals surface area contributed by atoms with Crippen molar-refractivity contribution in [3.05, 3.63) is 100 Å². The van der Waals surface area contributed by atoms with E-state index in [0.717, 1.165) is 5.56 Å². The summed E-state index contributed by atoms with van der Waals surface area (Å²) >= 11 is 0. The van der Waals surface area contributed by atoms with Gasteiger partial charge in [0, 0.05) is 23.3 Å². The Morgan fingerprint density at radius 1 is 0.861 bits per heavy atom. The molecule has 0 amide bonds. The number of nitro groups is 1. The lowest BCUT2D eigenvalue weighted by molar-refractivity contribution is -0.384. The summed E-state index contributed by atoms with van der Waals surface area (Å²) in [5.74, 6) is 5.68. The number of nitrogens with zero attached hydrogens (tertiary/aromatic N) is 1. The maximum atomic E-state index is 13.6. The fraction of sp³-hybridized carbons (Fsp3) is 0.192. The SMILES string of the molecule is CC(C)OC(=O)[C@H](C)NP(=O)(Oc1ccc(C#Cc2ccccc2)cc1)Oc1ccc([N+](=O)[O-])cc1. The van der Waals surface area contributed by atoms with Crippen molar-refractivity contribution in [2.45, 2.75) is 32.9 Å². The van der Waals surface area contributed by atoms with E-state index in [4.69, 9.17) is 13.8 Å². The second kappa shape index (κ2) is 12.0. The summed E-state index contributed by atoms with van der Waals surface area (Å²) in [4.78, 5) is 22.6. The van der Waals surface area contributed by atoms with Crippen LogP contribution in [0.1, 0.15) is 31.9 Å². The molecule has 0 saturated heterocycles. The molecule has 186 valence electrons. The molecule has 0 spiro atoms. The Bertz CT molecular complexity index is 1300. The average Bonchev–Trinajstić information content (AvgIpc) is 2.84. The van der Waals surface area contributed by atoms with Gasteiger partial charge < -0.3 is 13.8 Å². The summed E-state index contributed by atoms with van der Waals surface area (Å²) < 4.78 is 30.0. The zero-order valence-corrected chi connectivity index (χ0v) is 20.8. The zero-order chi connectivity index (χ0) is 26.1. The Hall–Kier alpha value is -4.12. The summed E-state index contributed by atoms with van der Waals surface area (Å²) in [7, 11) is -4.19. The standard InChI is InChI=1S/C26H25N2O7P/c1-19(2)33-26(29)20(3)27-36(32,35-25-17-13-23(14-18-25)28(30)31)34-24-15-11-22(12-16-24)10-9-21-7-5-4-6-8-21/h4-8,11-20H,1-3H3,(H,27,32)/t20-,36?/m0/s1. The highest BCUT2D eigenvalue weighted by molar-refractivity contribution is 7.52. The molecule has 36 heavy (non-hydrogen) atoms. The molecule has 1 unspecified atom stereocenters. The average molecular weight is 508 g/mol. The lowest BCUT2D eigenvalue weighted by Gasteiger charge is -2.23. The van der Waals surface area contributed by atoms with E-state index in [9.17, 15) is 19.5 Å². The normalized spacial score (nSPS) is 13.0. The van der Waals surface area contributed by atoms with Crippen molar-refractivity contribution < 1.29 is 28.1 Å². The van der Waals surface area contributed by atoms with Gasteiger partial charge in [-0.3, -0.25) is 14.9 Å². The van der Waals surface area contributed by atoms with Crippen LogP contribution in [0.5, 0.6) is 11.5 Å². The smallest absolute Gasteiger partial charge is 0.462 e. The minimum Gasteiger partial charge on any atom is -0.462 e. The van der Waals surface area contributed by atoms with Gasteiger partial charge in [-0.2, -0.15) is 5.09 Å². The number of nitrogens with one attached hydrogen (secondary N) is 1. The van der Waals surface area contributed by atoms with Gasteiger partial charge in [0.15, 0.2) is 0 Å². The molecule has 0 heterocycles. The molecule has 2 atom stereocenters. The Morgan fingerprint density at radius 2 is 1.36 bits per heavy atom. The van der Waals surface area contributed by atoms with Crippen LogP contribution in [-0.2, 0) is 14.1 Å². The van der Waals surface area contributed by atoms with Gasteiger partial charge in [-0.25, -0.2) is 4.57 Å². The van der Waals surface area contributed by atoms with Gasteiger partial charge in [0.05, 0.1) is 11.0 Å². The minimum absolute atomic E-state index is 0.0474. The van der Waals surface area contributed by atoms with Crippen molar-refractivity contribution in [2.24, 2.45) is 0 Å². The van der Waals surface area contributed by atoms with Gasteiger partial charge in [-0.15, -0.1) is 0 Å². The number of hydrogen-bond acceptors (Lipinski definition) is 7. The van der Waals surface area contributed by atoms with Crippen LogP contribution in [0.15, 0.2) is 78.9 Å². The highest BCUT2D eigenvalue weighted by Crippen LogP contribution is 2.45. The minimum atomic E-state index is -4.19. The number of rotatable bonds is 9. The molecule has 0 radical (unpaired) electrons. The van der Waals surface area contributed by atoms with Crippen molar-refractivity contribution >= 4 is 19.4 Å². The molecule has 0 fully saturated rings. The van der Waals surface area contributed by atoms with Crippen LogP contribution in [0.2, 0.25) is 0 Å². The fourth-order valence-electron chi connectivity index (χ4n) is 2.87. The topological polar surface area (TPSA) is 117 Å². The van der Waals surface area contributed by atoms with Crippen LogP contribution in [0.3, 0.4) is 0 Å². The van der Waals surface area contributed by atoms with E-state index < -0.39 is 24.7 Å². The van der Waals surface area contributed by atoms with E-state index in [0.29, 0.717) is 5.56 Å². The molecule has 0 aliphatic carbocycles. The van der Waals surface area contributed by atoms with Crippen molar-refractivity contribution in [2.75, 3.05) is 0 Å². The molecular formula is C26H25N2O7P. The predicted molar refractivity (Wildman–Crippen MR) is 135 cm³/mol. The lowest BCUT2D eigenvalue weighted by atomic mass is 10.2. The Balaban J connectivity index is 1.80. The van der Waals surface area contributed by atoms with Crippen LogP contribution in [0.25, 0.3) is 0 Å². The van der Waals surface area contributed by atoms with Crippen LogP contribution in [0, 0.1) is 22.0 Å². The van der Waals surface area contributed by atoms with E-state index >= 15 is 0 Å². The number of nitro benzene ring substituents is 1. The summed E-state index contributed by atoms with van der Waals surface area (Å²) in [6.07, 6.45) is -0.373. The largest absolute Gasteiger partial charge is 0.513 e. The Labute approximate surface area is 209 Å². The van der Waals surface area contributed by atoms with E-state index in [2.05, 4.69) is 16.9 Å². The second-order valence-electron chi connectivity index (χ2n) is 7.91. The van der Waals surface area contributed by atoms with Crippen molar-refractivity contribution in [3.63, 3.8) is 0 Å². The highest BCUT2D eigenvalue weighted by Gasteiger charge is 2.34. The number of carbonyl (C=O) groups is 1. The second-order valence-corrected chi connectivity index (χ2v) is 9.53. The first-order valence-electron chi connectivity index (χ1n) is 11.0. The van der Waals surface area contributed by atoms with Crippen LogP contribution in [0.4, 0.5) is 5.69 Å². The number of esters is 1. The summed E-state index contributed by atoms with van der Waals surface area (Å²) in [5.41, 5.74) is 1.41. The maximum Gasteiger partial charge on any atom is 0.513 e. The summed E-state index contributed by atoms with van der Waals surface area (Å²) in [5, 5.41) is 13.5. The predicted octanol–water partition coefficient (Wildman–Crippen LogP) is 5.49. The van der Waals surface area contributed by atoms with E-state index in [1.54, 1.807) is 38.1 Å². The van der Waals surface area contributed by atoms with Gasteiger partial charge in [-0.05, 0) is 69.3 Å². The van der Waals surface area contributed by atoms with Gasteiger partial charge >= 0.3 is 13.7 Å². The molecule has 0 saturated carbocycles. The molecule has 0 aliphatic rings. The lowest BCUT2D eigenvalue weighted by Crippen LogP contribution is -2.36. The third kappa shape index (κ3) is 7.98. The third-order valence-electron chi connectivity index (χ3n) is 4.54. The van der Waals surface area contributed by atoms with Gasteiger partial charge in [0.2, 0.25) is 0 Å². The number of hydrogen-bond donors (Lipinski definition) is 1. The van der Waals surface area contributed by atoms with E-state index in [-0.39, 0.29) is 23.3 Å². The van der Waals surface area contributed by atoms with Gasteiger partial charge in [-0.1, -0.05) is 30.0 Å². The monoisotopic (exact) mass is 508 g/mol. The quantitative estimate of drug-likeness (QED) is 0.133. The molecule has 9 nitrogen and oxygen atoms in total. The van der Waals surface area contributed by atoms with E-state index in [1.165, 1.54) is 31.2 Å². The Kier molecular flexibility index (Phi) is 8.85. The van der Waals surface area contributed by atoms with Gasteiger partial charge in [0.1, 0.15) is 17.5 Å². The van der Waals surface area contributed by atoms with Crippen LogP contribution in [-0.4, -0.2) is 23.0 Å². The fourth-order valence-corrected chi connectivity index (χ4v) is 4.39. The first-order valence-corrected chi connectivity index (χ1v) is 12.6. The number of carbonyl (C=O) groups excluding carboxylic acids is 1. The number of benzene rings is 3. The molecule has 10 heteroatoms. The maximum absolute atomic E-state index is 13.6. The molecule has 0 bridgehead atoms. The number of non-ortho nitro benzene ring substituents is 1. The molecule has 3 aromatic rings. The van der Waals surface area contributed by atoms with Crippen molar-refractivity contribution in [3.8, 4) is 23.3 Å². The molecule has 0 aromatic heterocycles. The van der Waals surface area contributed by atoms with Gasteiger partial charge in [0.25, 0.3) is 5.69 Å². The molecule has 1 N–H and O–H groups in total. The highest BCUT2D eigenvalue weighted by atomic mass is 31.2. The Morgan fingerprint density at radius 3 is 1.86 bits per heavy atom. The molecular weight excluding hydrogens is 483 g/mol. The molecule has 3 rings (SSSR count). The molecule has 0 aliphatic heterocycles. The van der Waals surface area contributed by atoms with Crippen molar-refractivity contribution in [1.29, 1.82) is 0 Å². The van der Waals surface area contributed by atoms with Crippen molar-refractivity contribution in [1.82, 2.24) is 5.09 Å². The van der Waals surface area contributed by atoms with E-state index in [1.807, 2.05) is 30.3 Å². The summed E-state index contributed by atoms with van der Waals surface area (Å²) in [6.45, 7) is 4.84. The first-order chi connectivity index (χ1) is 17.1. The third-order valence-corrected chi connectivity index (χ3v) is 6.14. The zero-order valence-electron chi connectivity index (χ0n) is 19.9. The number of ether oxygens (including phenoxy) is 1. The van der Waals surface area contributed by atoms with Crippen LogP contribution < -0.4 is 14.1 Å². The summed E-state index contributed by atoms with van der Waals surface area (Å²) in [6, 6.07) is 20.0.